The molecule has 3 aromatic rings. The number of likely N-dealkylation sites (tertiary alicyclic amines) is 1. The maximum Gasteiger partial charge on any atom is 0.296 e. The molecule has 1 aromatic heterocycles. The Kier molecular flexibility index (Phi) is 7.19. The molecule has 1 fully saturated rings. The normalized spacial score (nSPS) is 17.1. The molecule has 35 heavy (non-hydrogen) atoms. The molecule has 0 radical (unpaired) electrons. The van der Waals surface area contributed by atoms with Gasteiger partial charge in [0.2, 0.25) is 0 Å². The topological polar surface area (TPSA) is 89.2 Å². The van der Waals surface area contributed by atoms with Gasteiger partial charge in [-0.1, -0.05) is 19.4 Å². The average Bonchev–Trinajstić information content (AvgIpc) is 3.47. The lowest BCUT2D eigenvalue weighted by atomic mass is 9.95. The zero-order chi connectivity index (χ0) is 24.9. The van der Waals surface area contributed by atoms with Crippen LogP contribution in [0.4, 0.5) is 4.39 Å². The molecule has 182 valence electrons. The van der Waals surface area contributed by atoms with Gasteiger partial charge in [-0.3, -0.25) is 9.59 Å². The average molecular weight is 480 g/mol. The van der Waals surface area contributed by atoms with Crippen molar-refractivity contribution in [2.75, 3.05) is 13.7 Å². The van der Waals surface area contributed by atoms with E-state index in [1.165, 1.54) is 42.5 Å². The van der Waals surface area contributed by atoms with E-state index >= 15 is 0 Å². The Bertz CT molecular complexity index is 1230. The van der Waals surface area contributed by atoms with E-state index < -0.39 is 29.3 Å². The lowest BCUT2D eigenvalue weighted by Crippen LogP contribution is -2.29. The predicted octanol–water partition coefficient (Wildman–Crippen LogP) is 5.23. The van der Waals surface area contributed by atoms with Crippen molar-refractivity contribution in [3.8, 4) is 11.5 Å². The van der Waals surface area contributed by atoms with Crippen molar-refractivity contribution in [2.24, 2.45) is 0 Å². The first-order valence-electron chi connectivity index (χ1n) is 11.3. The predicted molar refractivity (Wildman–Crippen MR) is 126 cm³/mol. The van der Waals surface area contributed by atoms with Crippen molar-refractivity contribution in [3.63, 3.8) is 0 Å². The zero-order valence-corrected chi connectivity index (χ0v) is 19.5. The van der Waals surface area contributed by atoms with E-state index in [0.29, 0.717) is 29.4 Å². The Morgan fingerprint density at radius 2 is 1.89 bits per heavy atom. The maximum atomic E-state index is 13.5. The number of hydrogen-bond acceptors (Lipinski definition) is 6. The van der Waals surface area contributed by atoms with Crippen LogP contribution in [-0.2, 0) is 16.1 Å². The van der Waals surface area contributed by atoms with Crippen molar-refractivity contribution in [1.82, 2.24) is 4.90 Å². The number of ether oxygens (including phenoxy) is 2. The molecule has 1 amide bonds. The monoisotopic (exact) mass is 479 g/mol. The highest BCUT2D eigenvalue weighted by Crippen LogP contribution is 2.42. The van der Waals surface area contributed by atoms with Crippen LogP contribution < -0.4 is 9.47 Å². The van der Waals surface area contributed by atoms with Crippen molar-refractivity contribution in [2.45, 2.75) is 32.4 Å². The molecule has 1 saturated heterocycles. The van der Waals surface area contributed by atoms with Gasteiger partial charge in [0.1, 0.15) is 17.3 Å². The number of hydrogen-bond donors (Lipinski definition) is 1. The summed E-state index contributed by atoms with van der Waals surface area (Å²) in [4.78, 5) is 27.6. The summed E-state index contributed by atoms with van der Waals surface area (Å²) < 4.78 is 30.2. The fraction of sp³-hybridized carbons (Fsp3) is 0.259. The van der Waals surface area contributed by atoms with Crippen LogP contribution in [0.2, 0.25) is 0 Å². The van der Waals surface area contributed by atoms with Gasteiger partial charge in [-0.25, -0.2) is 4.39 Å². The Balaban J connectivity index is 1.82. The van der Waals surface area contributed by atoms with Crippen LogP contribution in [-0.4, -0.2) is 35.4 Å². The lowest BCUT2D eigenvalue weighted by molar-refractivity contribution is -0.140. The molecule has 1 aliphatic heterocycles. The Morgan fingerprint density at radius 3 is 2.54 bits per heavy atom. The number of furan rings is 1. The second-order valence-corrected chi connectivity index (χ2v) is 8.13. The van der Waals surface area contributed by atoms with E-state index in [1.54, 1.807) is 30.3 Å². The highest BCUT2D eigenvalue weighted by molar-refractivity contribution is 6.46. The van der Waals surface area contributed by atoms with E-state index in [4.69, 9.17) is 13.9 Å². The quantitative estimate of drug-likeness (QED) is 0.196. The van der Waals surface area contributed by atoms with Gasteiger partial charge in [-0.05, 0) is 60.5 Å². The van der Waals surface area contributed by atoms with Gasteiger partial charge in [-0.15, -0.1) is 0 Å². The maximum absolute atomic E-state index is 13.5. The minimum Gasteiger partial charge on any atom is -0.507 e. The molecule has 4 rings (SSSR count). The number of nitrogens with zero attached hydrogens (tertiary/aromatic N) is 1. The number of ketones is 1. The molecule has 2 aromatic carbocycles. The molecular weight excluding hydrogens is 453 g/mol. The van der Waals surface area contributed by atoms with E-state index in [9.17, 15) is 19.1 Å². The molecule has 1 atom stereocenters. The summed E-state index contributed by atoms with van der Waals surface area (Å²) in [5.41, 5.74) is 0.660. The van der Waals surface area contributed by atoms with Crippen molar-refractivity contribution < 1.29 is 33.0 Å². The summed E-state index contributed by atoms with van der Waals surface area (Å²) in [6.45, 7) is 2.60. The van der Waals surface area contributed by atoms with Gasteiger partial charge < -0.3 is 23.9 Å². The fourth-order valence-corrected chi connectivity index (χ4v) is 4.02. The SMILES string of the molecule is CCCCOc1ccc([C@@H]2C(=C(O)c3ccc(F)cc3)C(=O)C(=O)N2Cc2ccco2)cc1OC. The summed E-state index contributed by atoms with van der Waals surface area (Å²) >= 11 is 0. The Labute approximate surface area is 202 Å². The van der Waals surface area contributed by atoms with E-state index in [1.807, 2.05) is 0 Å². The second-order valence-electron chi connectivity index (χ2n) is 8.13. The van der Waals surface area contributed by atoms with Gasteiger partial charge in [-0.2, -0.15) is 0 Å². The number of Topliss-reactive ketones (excluding diaryl/α,β-unsaturated/α-hetero) is 1. The number of unbranched alkanes of at least 4 members (excludes halogenated alkanes) is 1. The molecule has 0 spiro atoms. The summed E-state index contributed by atoms with van der Waals surface area (Å²) in [5.74, 6) is -1.06. The van der Waals surface area contributed by atoms with Crippen LogP contribution in [0.25, 0.3) is 5.76 Å². The minimum absolute atomic E-state index is 0.0134. The highest BCUT2D eigenvalue weighted by Gasteiger charge is 2.46. The lowest BCUT2D eigenvalue weighted by Gasteiger charge is -2.25. The molecule has 1 N–H and O–H groups in total. The number of aliphatic hydroxyl groups excluding tert-OH is 1. The number of carbonyl (C=O) groups excluding carboxylic acids is 2. The molecule has 0 unspecified atom stereocenters. The van der Waals surface area contributed by atoms with Crippen LogP contribution in [0.5, 0.6) is 11.5 Å². The van der Waals surface area contributed by atoms with Gasteiger partial charge in [0.15, 0.2) is 11.5 Å². The van der Waals surface area contributed by atoms with Gasteiger partial charge >= 0.3 is 0 Å². The smallest absolute Gasteiger partial charge is 0.296 e. The summed E-state index contributed by atoms with van der Waals surface area (Å²) in [6, 6.07) is 12.6. The van der Waals surface area contributed by atoms with Crippen LogP contribution >= 0.6 is 0 Å². The molecule has 0 bridgehead atoms. The standard InChI is InChI=1S/C27H26FNO6/c1-3-4-13-35-21-12-9-18(15-22(21)33-2)24-23(25(30)17-7-10-19(28)11-8-17)26(31)27(32)29(24)16-20-6-5-14-34-20/h5-12,14-15,24,30H,3-4,13,16H2,1-2H3/t24-/m1/s1. The third-order valence-electron chi connectivity index (χ3n) is 5.82. The van der Waals surface area contributed by atoms with Crippen LogP contribution in [0, 0.1) is 5.82 Å². The van der Waals surface area contributed by atoms with Crippen molar-refractivity contribution in [1.29, 1.82) is 0 Å². The number of carbonyl (C=O) groups is 2. The number of aliphatic hydroxyl groups is 1. The Morgan fingerprint density at radius 1 is 1.11 bits per heavy atom. The minimum atomic E-state index is -0.927. The molecule has 8 heteroatoms. The van der Waals surface area contributed by atoms with Crippen LogP contribution in [0.3, 0.4) is 0 Å². The third kappa shape index (κ3) is 4.91. The number of methoxy groups -OCH3 is 1. The molecule has 7 nitrogen and oxygen atoms in total. The van der Waals surface area contributed by atoms with E-state index in [2.05, 4.69) is 6.92 Å². The second kappa shape index (κ2) is 10.5. The number of amides is 1. The Hall–Kier alpha value is -4.07. The first-order valence-corrected chi connectivity index (χ1v) is 11.3. The first-order chi connectivity index (χ1) is 16.9. The van der Waals surface area contributed by atoms with Crippen LogP contribution in [0.15, 0.2) is 70.9 Å². The molecule has 0 aliphatic carbocycles. The van der Waals surface area contributed by atoms with Crippen molar-refractivity contribution >= 4 is 17.4 Å². The largest absolute Gasteiger partial charge is 0.507 e. The first kappa shape index (κ1) is 24.1. The molecule has 2 heterocycles. The number of halogens is 1. The van der Waals surface area contributed by atoms with Gasteiger partial charge in [0.25, 0.3) is 11.7 Å². The van der Waals surface area contributed by atoms with E-state index in [0.717, 1.165) is 12.8 Å². The number of rotatable bonds is 9. The molecule has 0 saturated carbocycles. The van der Waals surface area contributed by atoms with E-state index in [-0.39, 0.29) is 17.7 Å². The zero-order valence-electron chi connectivity index (χ0n) is 19.5. The van der Waals surface area contributed by atoms with Crippen molar-refractivity contribution in [3.05, 3.63) is 89.1 Å². The number of benzene rings is 2. The summed E-state index contributed by atoms with van der Waals surface area (Å²) in [5, 5.41) is 11.1. The summed E-state index contributed by atoms with van der Waals surface area (Å²) in [6.07, 6.45) is 3.34. The molecule has 1 aliphatic rings. The summed E-state index contributed by atoms with van der Waals surface area (Å²) in [7, 11) is 1.50. The van der Waals surface area contributed by atoms with Crippen LogP contribution in [0.1, 0.15) is 42.7 Å². The van der Waals surface area contributed by atoms with Gasteiger partial charge in [0.05, 0.1) is 38.1 Å². The highest BCUT2D eigenvalue weighted by atomic mass is 19.1. The molecular formula is C27H26FNO6. The fourth-order valence-electron chi connectivity index (χ4n) is 4.02. The van der Waals surface area contributed by atoms with Gasteiger partial charge in [0, 0.05) is 5.56 Å². The third-order valence-corrected chi connectivity index (χ3v) is 5.82.